The van der Waals surface area contributed by atoms with Gasteiger partial charge in [0.2, 0.25) is 11.8 Å². The molecular weight excluding hydrogens is 374 g/mol. The topological polar surface area (TPSA) is 99.9 Å². The summed E-state index contributed by atoms with van der Waals surface area (Å²) >= 11 is 0. The lowest BCUT2D eigenvalue weighted by Gasteiger charge is -2.36. The van der Waals surface area contributed by atoms with Crippen LogP contribution in [0, 0.1) is 13.8 Å². The fraction of sp³-hybridized carbons (Fsp3) is 0.450. The van der Waals surface area contributed by atoms with E-state index >= 15 is 0 Å². The summed E-state index contributed by atoms with van der Waals surface area (Å²) < 4.78 is 4.99. The van der Waals surface area contributed by atoms with Crippen molar-refractivity contribution in [3.05, 3.63) is 46.6 Å². The molecule has 2 aliphatic rings. The van der Waals surface area contributed by atoms with Gasteiger partial charge in [0.15, 0.2) is 5.82 Å². The smallest absolute Gasteiger partial charge is 0.262 e. The minimum Gasteiger partial charge on any atom is -0.340 e. The Morgan fingerprint density at radius 3 is 2.45 bits per heavy atom. The van der Waals surface area contributed by atoms with Gasteiger partial charge in [-0.05, 0) is 26.0 Å². The molecule has 0 unspecified atom stereocenters. The number of piperazine rings is 1. The van der Waals surface area contributed by atoms with Gasteiger partial charge in [-0.15, -0.1) is 0 Å². The fourth-order valence-electron chi connectivity index (χ4n) is 3.83. The summed E-state index contributed by atoms with van der Waals surface area (Å²) in [5, 5.41) is 3.90. The second-order valence-electron chi connectivity index (χ2n) is 7.54. The quantitative estimate of drug-likeness (QED) is 0.710. The minimum atomic E-state index is -0.839. The van der Waals surface area contributed by atoms with Crippen LogP contribution in [0.15, 0.2) is 22.7 Å². The standard InChI is InChI=1S/C20H23N5O4/c1-12-4-5-15-16(10-12)20(28)25(19(15)27)13(2)18(26)24-8-6-23(7-9-24)11-17-21-14(3)29-22-17/h4-5,10,13H,6-9,11H2,1-3H3/t13-/m0/s1. The van der Waals surface area contributed by atoms with Crippen molar-refractivity contribution in [1.29, 1.82) is 0 Å². The summed E-state index contributed by atoms with van der Waals surface area (Å²) in [4.78, 5) is 47.6. The Hall–Kier alpha value is -3.07. The number of aromatic nitrogens is 2. The molecular formula is C20H23N5O4. The molecule has 3 heterocycles. The van der Waals surface area contributed by atoms with Crippen molar-refractivity contribution in [2.24, 2.45) is 0 Å². The lowest BCUT2D eigenvalue weighted by Crippen LogP contribution is -2.55. The highest BCUT2D eigenvalue weighted by atomic mass is 16.5. The number of imide groups is 1. The first-order valence-electron chi connectivity index (χ1n) is 9.64. The normalized spacial score (nSPS) is 18.3. The highest BCUT2D eigenvalue weighted by molar-refractivity contribution is 6.22. The fourth-order valence-corrected chi connectivity index (χ4v) is 3.83. The number of benzene rings is 1. The Kier molecular flexibility index (Phi) is 4.91. The molecule has 0 saturated carbocycles. The van der Waals surface area contributed by atoms with Crippen molar-refractivity contribution < 1.29 is 18.9 Å². The molecule has 152 valence electrons. The molecule has 2 aliphatic heterocycles. The van der Waals surface area contributed by atoms with Gasteiger partial charge in [0.1, 0.15) is 6.04 Å². The number of aryl methyl sites for hydroxylation is 2. The number of carbonyl (C=O) groups is 3. The Morgan fingerprint density at radius 1 is 1.10 bits per heavy atom. The van der Waals surface area contributed by atoms with Crippen molar-refractivity contribution in [1.82, 2.24) is 24.8 Å². The van der Waals surface area contributed by atoms with E-state index in [0.29, 0.717) is 55.6 Å². The molecule has 0 radical (unpaired) electrons. The zero-order chi connectivity index (χ0) is 20.7. The Balaban J connectivity index is 1.39. The lowest BCUT2D eigenvalue weighted by atomic mass is 10.1. The molecule has 1 fully saturated rings. The Bertz CT molecular complexity index is 977. The van der Waals surface area contributed by atoms with Crippen molar-refractivity contribution >= 4 is 17.7 Å². The summed E-state index contributed by atoms with van der Waals surface area (Å²) in [5.74, 6) is 0.125. The number of nitrogens with zero attached hydrogens (tertiary/aromatic N) is 5. The van der Waals surface area contributed by atoms with Crippen LogP contribution < -0.4 is 0 Å². The molecule has 9 nitrogen and oxygen atoms in total. The van der Waals surface area contributed by atoms with Crippen LogP contribution in [0.25, 0.3) is 0 Å². The molecule has 0 N–H and O–H groups in total. The number of rotatable bonds is 4. The van der Waals surface area contributed by atoms with Crippen molar-refractivity contribution in [3.8, 4) is 0 Å². The maximum atomic E-state index is 13.0. The summed E-state index contributed by atoms with van der Waals surface area (Å²) in [6.45, 7) is 8.14. The van der Waals surface area contributed by atoms with Crippen LogP contribution in [-0.2, 0) is 11.3 Å². The number of hydrogen-bond donors (Lipinski definition) is 0. The zero-order valence-corrected chi connectivity index (χ0v) is 16.7. The van der Waals surface area contributed by atoms with E-state index in [1.54, 1.807) is 36.9 Å². The van der Waals surface area contributed by atoms with Gasteiger partial charge in [0.05, 0.1) is 17.7 Å². The second-order valence-corrected chi connectivity index (χ2v) is 7.54. The predicted molar refractivity (Wildman–Crippen MR) is 102 cm³/mol. The van der Waals surface area contributed by atoms with Crippen LogP contribution >= 0.6 is 0 Å². The molecule has 1 aromatic heterocycles. The van der Waals surface area contributed by atoms with Gasteiger partial charge < -0.3 is 9.42 Å². The molecule has 9 heteroatoms. The van der Waals surface area contributed by atoms with Gasteiger partial charge in [-0.2, -0.15) is 4.98 Å². The van der Waals surface area contributed by atoms with E-state index in [2.05, 4.69) is 15.0 Å². The van der Waals surface area contributed by atoms with Crippen LogP contribution in [0.2, 0.25) is 0 Å². The van der Waals surface area contributed by atoms with Gasteiger partial charge in [-0.1, -0.05) is 16.8 Å². The van der Waals surface area contributed by atoms with Crippen molar-refractivity contribution in [2.45, 2.75) is 33.4 Å². The van der Waals surface area contributed by atoms with Gasteiger partial charge in [-0.25, -0.2) is 0 Å². The molecule has 4 rings (SSSR count). The highest BCUT2D eigenvalue weighted by Crippen LogP contribution is 2.26. The van der Waals surface area contributed by atoms with Gasteiger partial charge in [0.25, 0.3) is 11.8 Å². The van der Waals surface area contributed by atoms with Gasteiger partial charge in [-0.3, -0.25) is 24.2 Å². The molecule has 29 heavy (non-hydrogen) atoms. The van der Waals surface area contributed by atoms with E-state index in [1.807, 2.05) is 6.92 Å². The lowest BCUT2D eigenvalue weighted by molar-refractivity contribution is -0.136. The van der Waals surface area contributed by atoms with Crippen LogP contribution in [0.4, 0.5) is 0 Å². The van der Waals surface area contributed by atoms with E-state index in [9.17, 15) is 14.4 Å². The highest BCUT2D eigenvalue weighted by Gasteiger charge is 2.42. The van der Waals surface area contributed by atoms with Crippen LogP contribution in [0.3, 0.4) is 0 Å². The van der Waals surface area contributed by atoms with E-state index in [4.69, 9.17) is 4.52 Å². The zero-order valence-electron chi connectivity index (χ0n) is 16.7. The maximum Gasteiger partial charge on any atom is 0.262 e. The third-order valence-corrected chi connectivity index (χ3v) is 5.44. The first kappa shape index (κ1) is 19.3. The van der Waals surface area contributed by atoms with E-state index in [-0.39, 0.29) is 5.91 Å². The van der Waals surface area contributed by atoms with Crippen LogP contribution in [0.5, 0.6) is 0 Å². The molecule has 3 amide bonds. The Labute approximate surface area is 168 Å². The number of fused-ring (bicyclic) bond motifs is 1. The Morgan fingerprint density at radius 2 is 1.79 bits per heavy atom. The van der Waals surface area contributed by atoms with E-state index in [0.717, 1.165) is 10.5 Å². The minimum absolute atomic E-state index is 0.216. The average Bonchev–Trinajstić information content (AvgIpc) is 3.22. The number of carbonyl (C=O) groups excluding carboxylic acids is 3. The maximum absolute atomic E-state index is 13.0. The van der Waals surface area contributed by atoms with E-state index < -0.39 is 17.9 Å². The van der Waals surface area contributed by atoms with E-state index in [1.165, 1.54) is 0 Å². The molecule has 0 spiro atoms. The largest absolute Gasteiger partial charge is 0.340 e. The summed E-state index contributed by atoms with van der Waals surface area (Å²) in [6.07, 6.45) is 0. The van der Waals surface area contributed by atoms with Crippen molar-refractivity contribution in [2.75, 3.05) is 26.2 Å². The third kappa shape index (κ3) is 3.53. The average molecular weight is 397 g/mol. The first-order valence-corrected chi connectivity index (χ1v) is 9.64. The van der Waals surface area contributed by atoms with Crippen LogP contribution in [0.1, 0.15) is 44.9 Å². The monoisotopic (exact) mass is 397 g/mol. The van der Waals surface area contributed by atoms with Crippen molar-refractivity contribution in [3.63, 3.8) is 0 Å². The van der Waals surface area contributed by atoms with Crippen LogP contribution in [-0.4, -0.2) is 74.8 Å². The SMILES string of the molecule is Cc1ccc2c(c1)C(=O)N([C@@H](C)C(=O)N1CCN(Cc3noc(C)n3)CC1)C2=O. The summed E-state index contributed by atoms with van der Waals surface area (Å²) in [6, 6.07) is 4.31. The molecule has 2 aromatic rings. The first-order chi connectivity index (χ1) is 13.8. The summed E-state index contributed by atoms with van der Waals surface area (Å²) in [5.41, 5.74) is 1.63. The molecule has 0 bridgehead atoms. The third-order valence-electron chi connectivity index (χ3n) is 5.44. The molecule has 1 aromatic carbocycles. The molecule has 1 saturated heterocycles. The molecule has 0 aliphatic carbocycles. The number of amides is 3. The predicted octanol–water partition coefficient (Wildman–Crippen LogP) is 1.02. The number of hydrogen-bond acceptors (Lipinski definition) is 7. The summed E-state index contributed by atoms with van der Waals surface area (Å²) in [7, 11) is 0. The molecule has 1 atom stereocenters. The van der Waals surface area contributed by atoms with Gasteiger partial charge in [0, 0.05) is 33.1 Å². The second kappa shape index (κ2) is 7.40. The van der Waals surface area contributed by atoms with Gasteiger partial charge >= 0.3 is 0 Å².